The van der Waals surface area contributed by atoms with Gasteiger partial charge in [-0.1, -0.05) is 36.9 Å². The molecule has 1 aliphatic heterocycles. The van der Waals surface area contributed by atoms with Crippen LogP contribution in [0.25, 0.3) is 0 Å². The molecule has 1 aliphatic carbocycles. The predicted octanol–water partition coefficient (Wildman–Crippen LogP) is 3.82. The molecule has 1 heterocycles. The monoisotopic (exact) mass is 404 g/mol. The van der Waals surface area contributed by atoms with Gasteiger partial charge in [0.2, 0.25) is 0 Å². The molecular weight excluding hydrogens is 385 g/mol. The van der Waals surface area contributed by atoms with Gasteiger partial charge in [-0.05, 0) is 31.0 Å². The molecule has 0 aromatic heterocycles. The fourth-order valence-corrected chi connectivity index (χ4v) is 4.04. The van der Waals surface area contributed by atoms with E-state index < -0.39 is 17.7 Å². The zero-order valence-corrected chi connectivity index (χ0v) is 15.4. The van der Waals surface area contributed by atoms with Crippen LogP contribution in [0.1, 0.15) is 42.5 Å². The average molecular weight is 405 g/mol. The lowest BCUT2D eigenvalue weighted by Gasteiger charge is -2.50. The summed E-state index contributed by atoms with van der Waals surface area (Å²) in [5.41, 5.74) is -0.361. The topological polar surface area (TPSA) is 49.9 Å². The highest BCUT2D eigenvalue weighted by Gasteiger charge is 2.50. The SMILES string of the molecule is O=C(c1cccc(Cl)c1)N1CCN(OC(=O)C(F)(F)F)C2(CCCCC2)C1. The van der Waals surface area contributed by atoms with E-state index in [1.54, 1.807) is 29.2 Å². The van der Waals surface area contributed by atoms with Gasteiger partial charge in [0.25, 0.3) is 5.91 Å². The molecule has 148 valence electrons. The number of amides is 1. The maximum absolute atomic E-state index is 12.8. The van der Waals surface area contributed by atoms with Crippen molar-refractivity contribution in [2.24, 2.45) is 0 Å². The van der Waals surface area contributed by atoms with E-state index in [9.17, 15) is 22.8 Å². The maximum atomic E-state index is 12.8. The van der Waals surface area contributed by atoms with Crippen LogP contribution in [-0.2, 0) is 9.63 Å². The quantitative estimate of drug-likeness (QED) is 0.752. The van der Waals surface area contributed by atoms with Crippen LogP contribution in [-0.4, -0.2) is 53.2 Å². The van der Waals surface area contributed by atoms with Crippen molar-refractivity contribution >= 4 is 23.5 Å². The Morgan fingerprint density at radius 1 is 1.11 bits per heavy atom. The largest absolute Gasteiger partial charge is 0.492 e. The van der Waals surface area contributed by atoms with Crippen molar-refractivity contribution < 1.29 is 27.6 Å². The molecule has 1 aromatic carbocycles. The molecule has 1 saturated heterocycles. The number of benzene rings is 1. The number of carbonyl (C=O) groups is 2. The highest BCUT2D eigenvalue weighted by Crippen LogP contribution is 2.38. The van der Waals surface area contributed by atoms with E-state index in [-0.39, 0.29) is 25.5 Å². The molecule has 0 atom stereocenters. The Kier molecular flexibility index (Phi) is 5.67. The minimum atomic E-state index is -5.05. The molecule has 1 spiro atoms. The van der Waals surface area contributed by atoms with E-state index in [0.29, 0.717) is 23.4 Å². The second-order valence-electron chi connectivity index (χ2n) is 7.00. The highest BCUT2D eigenvalue weighted by atomic mass is 35.5. The molecule has 2 aliphatic rings. The Hall–Kier alpha value is -1.80. The summed E-state index contributed by atoms with van der Waals surface area (Å²) in [5.74, 6) is -2.45. The van der Waals surface area contributed by atoms with Gasteiger partial charge in [-0.25, -0.2) is 4.79 Å². The van der Waals surface area contributed by atoms with Crippen molar-refractivity contribution in [3.8, 4) is 0 Å². The Morgan fingerprint density at radius 3 is 2.44 bits per heavy atom. The average Bonchev–Trinajstić information content (AvgIpc) is 2.63. The Balaban J connectivity index is 1.79. The van der Waals surface area contributed by atoms with Crippen molar-refractivity contribution in [1.82, 2.24) is 9.96 Å². The molecule has 0 N–H and O–H groups in total. The lowest BCUT2D eigenvalue weighted by atomic mass is 9.79. The van der Waals surface area contributed by atoms with Crippen molar-refractivity contribution in [2.75, 3.05) is 19.6 Å². The predicted molar refractivity (Wildman–Crippen MR) is 92.0 cm³/mol. The summed E-state index contributed by atoms with van der Waals surface area (Å²) in [7, 11) is 0. The lowest BCUT2D eigenvalue weighted by molar-refractivity contribution is -0.271. The Bertz CT molecular complexity index is 720. The fourth-order valence-electron chi connectivity index (χ4n) is 3.85. The number of halogens is 4. The molecule has 0 unspecified atom stereocenters. The summed E-state index contributed by atoms with van der Waals surface area (Å²) < 4.78 is 37.9. The Labute approximate surface area is 160 Å². The molecule has 0 bridgehead atoms. The molecule has 3 rings (SSSR count). The van der Waals surface area contributed by atoms with Crippen molar-refractivity contribution in [1.29, 1.82) is 0 Å². The minimum Gasteiger partial charge on any atom is -0.360 e. The van der Waals surface area contributed by atoms with Crippen LogP contribution in [0.5, 0.6) is 0 Å². The van der Waals surface area contributed by atoms with Crippen molar-refractivity contribution in [3.63, 3.8) is 0 Å². The number of alkyl halides is 3. The molecule has 2 fully saturated rings. The molecule has 1 amide bonds. The van der Waals surface area contributed by atoms with Crippen LogP contribution in [0.4, 0.5) is 13.2 Å². The number of hydrogen-bond donors (Lipinski definition) is 0. The smallest absolute Gasteiger partial charge is 0.360 e. The molecule has 1 aromatic rings. The molecular formula is C18H20ClF3N2O3. The summed E-state index contributed by atoms with van der Waals surface area (Å²) in [6.45, 7) is 0.413. The summed E-state index contributed by atoms with van der Waals surface area (Å²) >= 11 is 5.95. The standard InChI is InChI=1S/C18H20ClF3N2O3/c19-14-6-4-5-13(11-14)15(25)23-9-10-24(27-16(26)18(20,21)22)17(12-23)7-2-1-3-8-17/h4-6,11H,1-3,7-10,12H2. The van der Waals surface area contributed by atoms with Gasteiger partial charge in [0.05, 0.1) is 12.1 Å². The first kappa shape index (κ1) is 19.9. The number of rotatable bonds is 2. The second-order valence-corrected chi connectivity index (χ2v) is 7.44. The molecule has 5 nitrogen and oxygen atoms in total. The normalized spacial score (nSPS) is 20.5. The van der Waals surface area contributed by atoms with E-state index in [2.05, 4.69) is 0 Å². The molecule has 1 saturated carbocycles. The molecule has 9 heteroatoms. The van der Waals surface area contributed by atoms with E-state index in [1.165, 1.54) is 0 Å². The zero-order chi connectivity index (χ0) is 19.7. The number of piperazine rings is 1. The summed E-state index contributed by atoms with van der Waals surface area (Å²) in [6.07, 6.45) is -1.35. The summed E-state index contributed by atoms with van der Waals surface area (Å²) in [6, 6.07) is 6.55. The van der Waals surface area contributed by atoms with Crippen LogP contribution in [0, 0.1) is 0 Å². The van der Waals surface area contributed by atoms with Crippen LogP contribution in [0.15, 0.2) is 24.3 Å². The van der Waals surface area contributed by atoms with E-state index in [1.807, 2.05) is 0 Å². The number of nitrogens with zero attached hydrogens (tertiary/aromatic N) is 2. The van der Waals surface area contributed by atoms with Gasteiger partial charge in [0.15, 0.2) is 0 Å². The lowest BCUT2D eigenvalue weighted by Crippen LogP contribution is -2.64. The van der Waals surface area contributed by atoms with Gasteiger partial charge < -0.3 is 9.74 Å². The van der Waals surface area contributed by atoms with Crippen LogP contribution >= 0.6 is 11.6 Å². The van der Waals surface area contributed by atoms with Crippen LogP contribution in [0.3, 0.4) is 0 Å². The highest BCUT2D eigenvalue weighted by molar-refractivity contribution is 6.30. The first-order valence-corrected chi connectivity index (χ1v) is 9.21. The van der Waals surface area contributed by atoms with Crippen molar-refractivity contribution in [2.45, 2.75) is 43.8 Å². The van der Waals surface area contributed by atoms with E-state index in [4.69, 9.17) is 16.4 Å². The fraction of sp³-hybridized carbons (Fsp3) is 0.556. The third-order valence-corrected chi connectivity index (χ3v) is 5.39. The van der Waals surface area contributed by atoms with Crippen LogP contribution < -0.4 is 0 Å². The van der Waals surface area contributed by atoms with Gasteiger partial charge in [-0.2, -0.15) is 13.2 Å². The van der Waals surface area contributed by atoms with Gasteiger partial charge in [0, 0.05) is 23.7 Å². The van der Waals surface area contributed by atoms with Gasteiger partial charge in [-0.3, -0.25) is 4.79 Å². The maximum Gasteiger partial charge on any atom is 0.492 e. The summed E-state index contributed by atoms with van der Waals surface area (Å²) in [4.78, 5) is 30.5. The molecule has 0 radical (unpaired) electrons. The van der Waals surface area contributed by atoms with Gasteiger partial charge >= 0.3 is 12.1 Å². The second kappa shape index (κ2) is 7.67. The minimum absolute atomic E-state index is 0.0358. The number of hydroxylamine groups is 2. The zero-order valence-electron chi connectivity index (χ0n) is 14.6. The van der Waals surface area contributed by atoms with E-state index >= 15 is 0 Å². The Morgan fingerprint density at radius 2 is 1.81 bits per heavy atom. The number of hydrogen-bond acceptors (Lipinski definition) is 4. The third kappa shape index (κ3) is 4.38. The van der Waals surface area contributed by atoms with Crippen molar-refractivity contribution in [3.05, 3.63) is 34.9 Å². The molecule has 27 heavy (non-hydrogen) atoms. The first-order valence-electron chi connectivity index (χ1n) is 8.83. The van der Waals surface area contributed by atoms with Gasteiger partial charge in [-0.15, -0.1) is 5.06 Å². The third-order valence-electron chi connectivity index (χ3n) is 5.15. The van der Waals surface area contributed by atoms with E-state index in [0.717, 1.165) is 24.3 Å². The summed E-state index contributed by atoms with van der Waals surface area (Å²) in [5, 5.41) is 1.59. The number of carbonyl (C=O) groups excluding carboxylic acids is 2. The first-order chi connectivity index (χ1) is 12.7. The van der Waals surface area contributed by atoms with Gasteiger partial charge in [0.1, 0.15) is 0 Å². The van der Waals surface area contributed by atoms with Crippen LogP contribution in [0.2, 0.25) is 5.02 Å².